The van der Waals surface area contributed by atoms with Crippen LogP contribution in [0.1, 0.15) is 0 Å². The molecule has 8 nitrogen and oxygen atoms in total. The molecule has 1 aromatic carbocycles. The summed E-state index contributed by atoms with van der Waals surface area (Å²) in [4.78, 5) is 0. The van der Waals surface area contributed by atoms with E-state index in [4.69, 9.17) is 0 Å². The summed E-state index contributed by atoms with van der Waals surface area (Å²) < 4.78 is 26.0. The largest absolute Gasteiger partial charge is 0.352 e. The number of nitrogens with one attached hydrogen (secondary N) is 1. The van der Waals surface area contributed by atoms with Gasteiger partial charge in [0, 0.05) is 20.6 Å². The van der Waals surface area contributed by atoms with Crippen molar-refractivity contribution in [3.8, 4) is 5.69 Å². The number of para-hydroxylation sites is 1. The predicted molar refractivity (Wildman–Crippen MR) is 75.1 cm³/mol. The second-order valence-corrected chi connectivity index (χ2v) is 6.58. The van der Waals surface area contributed by atoms with Crippen LogP contribution in [0.3, 0.4) is 0 Å². The standard InChI is InChI=1S/C11H16N6O2S/c1-16(2)20(18,19)9-8-12-11-13-14-15-17(11)10-6-4-3-5-7-10/h3-7H,8-9H2,1-2H3,(H,12,13,15). The lowest BCUT2D eigenvalue weighted by atomic mass is 10.3. The molecule has 0 atom stereocenters. The molecule has 0 unspecified atom stereocenters. The van der Waals surface area contributed by atoms with Crippen LogP contribution in [-0.4, -0.2) is 59.3 Å². The molecule has 1 aromatic heterocycles. The molecule has 1 heterocycles. The van der Waals surface area contributed by atoms with E-state index in [2.05, 4.69) is 20.8 Å². The average molecular weight is 296 g/mol. The molecule has 0 fully saturated rings. The van der Waals surface area contributed by atoms with E-state index in [1.54, 1.807) is 0 Å². The molecule has 20 heavy (non-hydrogen) atoms. The third-order valence-electron chi connectivity index (χ3n) is 2.67. The molecule has 0 amide bonds. The number of aromatic nitrogens is 4. The first-order chi connectivity index (χ1) is 9.50. The van der Waals surface area contributed by atoms with Crippen molar-refractivity contribution in [2.45, 2.75) is 0 Å². The van der Waals surface area contributed by atoms with Gasteiger partial charge in [0.1, 0.15) is 0 Å². The highest BCUT2D eigenvalue weighted by atomic mass is 32.2. The second kappa shape index (κ2) is 5.97. The Morgan fingerprint density at radius 2 is 1.95 bits per heavy atom. The van der Waals surface area contributed by atoms with Crippen molar-refractivity contribution in [2.75, 3.05) is 31.7 Å². The van der Waals surface area contributed by atoms with Crippen LogP contribution in [0, 0.1) is 0 Å². The van der Waals surface area contributed by atoms with Gasteiger partial charge in [0.2, 0.25) is 16.0 Å². The molecule has 0 saturated heterocycles. The first-order valence-corrected chi connectivity index (χ1v) is 7.59. The fraction of sp³-hybridized carbons (Fsp3) is 0.364. The monoisotopic (exact) mass is 296 g/mol. The number of nitrogens with zero attached hydrogens (tertiary/aromatic N) is 5. The summed E-state index contributed by atoms with van der Waals surface area (Å²) in [5.41, 5.74) is 0.801. The van der Waals surface area contributed by atoms with Crippen molar-refractivity contribution in [3.63, 3.8) is 0 Å². The molecule has 0 aliphatic rings. The first-order valence-electron chi connectivity index (χ1n) is 5.98. The van der Waals surface area contributed by atoms with Crippen molar-refractivity contribution in [2.24, 2.45) is 0 Å². The van der Waals surface area contributed by atoms with Crippen LogP contribution < -0.4 is 5.32 Å². The van der Waals surface area contributed by atoms with Gasteiger partial charge in [-0.1, -0.05) is 23.3 Å². The van der Waals surface area contributed by atoms with Crippen molar-refractivity contribution < 1.29 is 8.42 Å². The molecule has 0 spiro atoms. The van der Waals surface area contributed by atoms with Crippen molar-refractivity contribution in [1.29, 1.82) is 0 Å². The normalized spacial score (nSPS) is 11.8. The zero-order chi connectivity index (χ0) is 14.6. The van der Waals surface area contributed by atoms with E-state index in [9.17, 15) is 8.42 Å². The number of sulfonamides is 1. The zero-order valence-electron chi connectivity index (χ0n) is 11.3. The zero-order valence-corrected chi connectivity index (χ0v) is 12.1. The molecular formula is C11H16N6O2S. The molecule has 0 radical (unpaired) electrons. The van der Waals surface area contributed by atoms with E-state index in [1.165, 1.54) is 23.1 Å². The lowest BCUT2D eigenvalue weighted by Gasteiger charge is -2.11. The fourth-order valence-electron chi connectivity index (χ4n) is 1.51. The van der Waals surface area contributed by atoms with E-state index in [-0.39, 0.29) is 12.3 Å². The highest BCUT2D eigenvalue weighted by Gasteiger charge is 2.14. The van der Waals surface area contributed by atoms with Crippen LogP contribution >= 0.6 is 0 Å². The Morgan fingerprint density at radius 1 is 1.25 bits per heavy atom. The summed E-state index contributed by atoms with van der Waals surface area (Å²) in [6, 6.07) is 9.36. The number of rotatable bonds is 6. The van der Waals surface area contributed by atoms with E-state index >= 15 is 0 Å². The summed E-state index contributed by atoms with van der Waals surface area (Å²) in [7, 11) is -0.229. The maximum atomic E-state index is 11.6. The van der Waals surface area contributed by atoms with E-state index < -0.39 is 10.0 Å². The molecule has 108 valence electrons. The van der Waals surface area contributed by atoms with Crippen LogP contribution in [0.2, 0.25) is 0 Å². The van der Waals surface area contributed by atoms with Gasteiger partial charge >= 0.3 is 0 Å². The Balaban J connectivity index is 2.04. The molecule has 1 N–H and O–H groups in total. The minimum atomic E-state index is -3.24. The average Bonchev–Trinajstić information content (AvgIpc) is 2.88. The van der Waals surface area contributed by atoms with Crippen LogP contribution in [-0.2, 0) is 10.0 Å². The molecule has 0 bridgehead atoms. The number of benzene rings is 1. The van der Waals surface area contributed by atoms with E-state index in [1.807, 2.05) is 30.3 Å². The summed E-state index contributed by atoms with van der Waals surface area (Å²) >= 11 is 0. The van der Waals surface area contributed by atoms with E-state index in [0.717, 1.165) is 5.69 Å². The highest BCUT2D eigenvalue weighted by molar-refractivity contribution is 7.89. The maximum Gasteiger partial charge on any atom is 0.247 e. The van der Waals surface area contributed by atoms with Crippen LogP contribution in [0.25, 0.3) is 5.69 Å². The summed E-state index contributed by atoms with van der Waals surface area (Å²) in [5, 5.41) is 14.2. The Bertz CT molecular complexity index is 653. The predicted octanol–water partition coefficient (Wildman–Crippen LogP) is -0.0344. The highest BCUT2D eigenvalue weighted by Crippen LogP contribution is 2.10. The maximum absolute atomic E-state index is 11.6. The Hall–Kier alpha value is -2.00. The Kier molecular flexibility index (Phi) is 4.30. The minimum absolute atomic E-state index is 0.0261. The summed E-state index contributed by atoms with van der Waals surface area (Å²) in [6.07, 6.45) is 0. The van der Waals surface area contributed by atoms with Gasteiger partial charge in [-0.25, -0.2) is 12.7 Å². The smallest absolute Gasteiger partial charge is 0.247 e. The number of hydrogen-bond donors (Lipinski definition) is 1. The minimum Gasteiger partial charge on any atom is -0.352 e. The van der Waals surface area contributed by atoms with Gasteiger partial charge in [0.05, 0.1) is 11.4 Å². The van der Waals surface area contributed by atoms with Gasteiger partial charge in [0.25, 0.3) is 0 Å². The molecule has 0 aliphatic heterocycles. The molecule has 0 saturated carbocycles. The van der Waals surface area contributed by atoms with Crippen LogP contribution in [0.5, 0.6) is 0 Å². The van der Waals surface area contributed by atoms with Gasteiger partial charge in [-0.3, -0.25) is 0 Å². The SMILES string of the molecule is CN(C)S(=O)(=O)CCNc1nnnn1-c1ccccc1. The van der Waals surface area contributed by atoms with Crippen molar-refractivity contribution in [3.05, 3.63) is 30.3 Å². The first kappa shape index (κ1) is 14.4. The summed E-state index contributed by atoms with van der Waals surface area (Å²) in [5.74, 6) is 0.381. The molecule has 9 heteroatoms. The molecular weight excluding hydrogens is 280 g/mol. The topological polar surface area (TPSA) is 93.0 Å². The van der Waals surface area contributed by atoms with E-state index in [0.29, 0.717) is 5.95 Å². The van der Waals surface area contributed by atoms with Gasteiger partial charge in [-0.05, 0) is 22.6 Å². The molecule has 0 aliphatic carbocycles. The van der Waals surface area contributed by atoms with Crippen molar-refractivity contribution >= 4 is 16.0 Å². The second-order valence-electron chi connectivity index (χ2n) is 4.28. The summed E-state index contributed by atoms with van der Waals surface area (Å²) in [6.45, 7) is 0.230. The fourth-order valence-corrected chi connectivity index (χ4v) is 2.24. The van der Waals surface area contributed by atoms with Gasteiger partial charge in [-0.2, -0.15) is 4.68 Å². The third-order valence-corrected chi connectivity index (χ3v) is 4.50. The quantitative estimate of drug-likeness (QED) is 0.804. The number of hydrogen-bond acceptors (Lipinski definition) is 6. The lowest BCUT2D eigenvalue weighted by Crippen LogP contribution is -2.28. The Labute approximate surface area is 117 Å². The van der Waals surface area contributed by atoms with Gasteiger partial charge < -0.3 is 5.32 Å². The third kappa shape index (κ3) is 3.31. The van der Waals surface area contributed by atoms with Gasteiger partial charge in [0.15, 0.2) is 0 Å². The van der Waals surface area contributed by atoms with Crippen LogP contribution in [0.4, 0.5) is 5.95 Å². The molecule has 2 aromatic rings. The lowest BCUT2D eigenvalue weighted by molar-refractivity contribution is 0.521. The van der Waals surface area contributed by atoms with Crippen molar-refractivity contribution in [1.82, 2.24) is 24.5 Å². The Morgan fingerprint density at radius 3 is 2.60 bits per heavy atom. The number of tetrazole rings is 1. The number of anilines is 1. The van der Waals surface area contributed by atoms with Gasteiger partial charge in [-0.15, -0.1) is 0 Å². The van der Waals surface area contributed by atoms with Crippen LogP contribution in [0.15, 0.2) is 30.3 Å². The molecule has 2 rings (SSSR count).